The van der Waals surface area contributed by atoms with Crippen LogP contribution < -0.4 is 9.47 Å². The van der Waals surface area contributed by atoms with E-state index in [-0.39, 0.29) is 0 Å². The highest BCUT2D eigenvalue weighted by molar-refractivity contribution is 6.10. The van der Waals surface area contributed by atoms with Gasteiger partial charge < -0.3 is 13.9 Å². The molecular weight excluding hydrogens is 498 g/mol. The second-order valence-electron chi connectivity index (χ2n) is 9.48. The molecule has 0 aliphatic heterocycles. The van der Waals surface area contributed by atoms with Crippen molar-refractivity contribution in [2.24, 2.45) is 0 Å². The third-order valence-corrected chi connectivity index (χ3v) is 7.03. The maximum absolute atomic E-state index is 6.46. The first kappa shape index (κ1) is 22.4. The summed E-state index contributed by atoms with van der Waals surface area (Å²) >= 11 is 0. The molecule has 0 bridgehead atoms. The number of fused-ring (bicyclic) bond motifs is 6. The average molecular weight is 520 g/mol. The summed E-state index contributed by atoms with van der Waals surface area (Å²) in [5.74, 6) is 3.23. The number of rotatable bonds is 5. The molecule has 190 valence electrons. The third-order valence-electron chi connectivity index (χ3n) is 7.03. The van der Waals surface area contributed by atoms with Gasteiger partial charge >= 0.3 is 0 Å². The van der Waals surface area contributed by atoms with Crippen LogP contribution in [0.3, 0.4) is 0 Å². The van der Waals surface area contributed by atoms with E-state index < -0.39 is 0 Å². The van der Waals surface area contributed by atoms with Gasteiger partial charge in [0.25, 0.3) is 0 Å². The highest BCUT2D eigenvalue weighted by atomic mass is 16.5. The van der Waals surface area contributed by atoms with E-state index in [9.17, 15) is 0 Å². The van der Waals surface area contributed by atoms with E-state index in [2.05, 4.69) is 38.8 Å². The Kier molecular flexibility index (Phi) is 5.03. The molecule has 0 saturated carbocycles. The lowest BCUT2D eigenvalue weighted by molar-refractivity contribution is 0.453. The summed E-state index contributed by atoms with van der Waals surface area (Å²) in [5, 5.41) is 4.13. The lowest BCUT2D eigenvalue weighted by Gasteiger charge is -2.11. The van der Waals surface area contributed by atoms with Crippen LogP contribution in [0, 0.1) is 0 Å². The number of furan rings is 1. The smallest absolute Gasteiger partial charge is 0.219 e. The first-order valence-corrected chi connectivity index (χ1v) is 13.0. The topological polar surface area (TPSA) is 62.3 Å². The summed E-state index contributed by atoms with van der Waals surface area (Å²) in [4.78, 5) is 8.98. The predicted octanol–water partition coefficient (Wildman–Crippen LogP) is 9.06. The van der Waals surface area contributed by atoms with E-state index in [1.807, 2.05) is 97.2 Å². The fraction of sp³-hybridized carbons (Fsp3) is 0. The van der Waals surface area contributed by atoms with Crippen LogP contribution in [0.15, 0.2) is 132 Å². The van der Waals surface area contributed by atoms with Crippen molar-refractivity contribution in [2.45, 2.75) is 0 Å². The van der Waals surface area contributed by atoms with Crippen LogP contribution in [0.2, 0.25) is 0 Å². The zero-order valence-electron chi connectivity index (χ0n) is 21.2. The zero-order valence-corrected chi connectivity index (χ0v) is 21.2. The molecule has 0 saturated heterocycles. The number of hydrogen-bond acceptors (Lipinski definition) is 5. The predicted molar refractivity (Wildman–Crippen MR) is 157 cm³/mol. The number of aromatic nitrogens is 3. The molecule has 0 spiro atoms. The molecule has 4 aromatic heterocycles. The quantitative estimate of drug-likeness (QED) is 0.227. The van der Waals surface area contributed by atoms with Gasteiger partial charge in [-0.05, 0) is 42.5 Å². The zero-order chi connectivity index (χ0) is 26.5. The summed E-state index contributed by atoms with van der Waals surface area (Å²) in [5.41, 5.74) is 3.55. The Morgan fingerprint density at radius 3 is 2.17 bits per heavy atom. The minimum atomic E-state index is 0.493. The van der Waals surface area contributed by atoms with E-state index in [1.165, 1.54) is 0 Å². The van der Waals surface area contributed by atoms with Crippen molar-refractivity contribution >= 4 is 43.7 Å². The Labute approximate surface area is 228 Å². The van der Waals surface area contributed by atoms with Crippen LogP contribution >= 0.6 is 0 Å². The van der Waals surface area contributed by atoms with Gasteiger partial charge in [0.1, 0.15) is 34.2 Å². The average Bonchev–Trinajstić information content (AvgIpc) is 3.53. The van der Waals surface area contributed by atoms with Gasteiger partial charge in [-0.2, -0.15) is 0 Å². The first-order valence-electron chi connectivity index (χ1n) is 13.0. The summed E-state index contributed by atoms with van der Waals surface area (Å²) in [6, 6.07) is 37.7. The lowest BCUT2D eigenvalue weighted by atomic mass is 10.1. The van der Waals surface area contributed by atoms with Gasteiger partial charge in [0.15, 0.2) is 0 Å². The van der Waals surface area contributed by atoms with E-state index >= 15 is 0 Å². The lowest BCUT2D eigenvalue weighted by Crippen LogP contribution is -1.96. The fourth-order valence-electron chi connectivity index (χ4n) is 5.33. The van der Waals surface area contributed by atoms with Gasteiger partial charge in [0, 0.05) is 52.8 Å². The molecule has 6 nitrogen and oxygen atoms in total. The minimum Gasteiger partial charge on any atom is -0.457 e. The van der Waals surface area contributed by atoms with Crippen molar-refractivity contribution < 1.29 is 13.9 Å². The number of pyridine rings is 2. The number of hydrogen-bond donors (Lipinski definition) is 0. The molecule has 0 aliphatic rings. The van der Waals surface area contributed by atoms with Gasteiger partial charge in [0.2, 0.25) is 5.88 Å². The molecule has 0 atom stereocenters. The normalized spacial score (nSPS) is 11.5. The number of benzene rings is 4. The largest absolute Gasteiger partial charge is 0.457 e. The van der Waals surface area contributed by atoms with Crippen LogP contribution in [0.1, 0.15) is 0 Å². The summed E-state index contributed by atoms with van der Waals surface area (Å²) < 4.78 is 21.1. The maximum atomic E-state index is 6.46. The molecule has 8 rings (SSSR count). The van der Waals surface area contributed by atoms with Crippen molar-refractivity contribution in [1.82, 2.24) is 14.5 Å². The Morgan fingerprint density at radius 1 is 0.550 bits per heavy atom. The molecule has 6 heteroatoms. The molecule has 0 amide bonds. The highest BCUT2D eigenvalue weighted by Gasteiger charge is 2.17. The van der Waals surface area contributed by atoms with Crippen LogP contribution in [0.25, 0.3) is 49.6 Å². The molecule has 4 aromatic carbocycles. The standard InChI is InChI=1S/C34H21N3O3/c1-3-11-27-24(9-1)25-16-15-22(19-28(25)37(27)32-13-5-7-17-35-32)38-23-20-30-34(26-10-2-4-12-29(26)39-30)31(21-23)40-33-14-6-8-18-36-33/h1-21H. The Morgan fingerprint density at radius 2 is 1.32 bits per heavy atom. The van der Waals surface area contributed by atoms with Gasteiger partial charge in [0.05, 0.1) is 16.4 Å². The van der Waals surface area contributed by atoms with Crippen LogP contribution in [0.4, 0.5) is 0 Å². The Balaban J connectivity index is 1.28. The monoisotopic (exact) mass is 519 g/mol. The van der Waals surface area contributed by atoms with Gasteiger partial charge in [-0.1, -0.05) is 48.5 Å². The van der Waals surface area contributed by atoms with E-state index in [4.69, 9.17) is 13.9 Å². The second kappa shape index (κ2) is 8.99. The SMILES string of the molecule is c1ccc(Oc2cc(Oc3ccc4c5ccccc5n(-c5ccccn5)c4c3)cc3oc4ccccc4c23)nc1. The molecule has 8 aromatic rings. The van der Waals surface area contributed by atoms with Crippen molar-refractivity contribution in [3.8, 4) is 28.9 Å². The molecule has 0 N–H and O–H groups in total. The van der Waals surface area contributed by atoms with Crippen molar-refractivity contribution in [3.05, 3.63) is 128 Å². The maximum Gasteiger partial charge on any atom is 0.219 e. The molecule has 0 radical (unpaired) electrons. The van der Waals surface area contributed by atoms with E-state index in [1.54, 1.807) is 6.20 Å². The van der Waals surface area contributed by atoms with Gasteiger partial charge in [-0.15, -0.1) is 0 Å². The van der Waals surface area contributed by atoms with Crippen molar-refractivity contribution in [3.63, 3.8) is 0 Å². The third kappa shape index (κ3) is 3.66. The molecule has 0 fully saturated rings. The molecule has 0 unspecified atom stereocenters. The molecule has 40 heavy (non-hydrogen) atoms. The fourth-order valence-corrected chi connectivity index (χ4v) is 5.33. The summed E-state index contributed by atoms with van der Waals surface area (Å²) in [7, 11) is 0. The van der Waals surface area contributed by atoms with E-state index in [0.717, 1.165) is 44.0 Å². The highest BCUT2D eigenvalue weighted by Crippen LogP contribution is 2.42. The number of ether oxygens (including phenoxy) is 2. The van der Waals surface area contributed by atoms with E-state index in [0.29, 0.717) is 28.7 Å². The van der Waals surface area contributed by atoms with Crippen molar-refractivity contribution in [1.29, 1.82) is 0 Å². The Bertz CT molecular complexity index is 2170. The minimum absolute atomic E-state index is 0.493. The second-order valence-corrected chi connectivity index (χ2v) is 9.48. The Hall–Kier alpha value is -5.62. The molecule has 0 aliphatic carbocycles. The van der Waals surface area contributed by atoms with Crippen molar-refractivity contribution in [2.75, 3.05) is 0 Å². The summed E-state index contributed by atoms with van der Waals surface area (Å²) in [6.07, 6.45) is 3.51. The number of para-hydroxylation sites is 2. The first-order chi connectivity index (χ1) is 19.8. The molecule has 4 heterocycles. The van der Waals surface area contributed by atoms with Crippen LogP contribution in [-0.2, 0) is 0 Å². The van der Waals surface area contributed by atoms with Crippen LogP contribution in [-0.4, -0.2) is 14.5 Å². The van der Waals surface area contributed by atoms with Crippen LogP contribution in [0.5, 0.6) is 23.1 Å². The molecular formula is C34H21N3O3. The van der Waals surface area contributed by atoms with Gasteiger partial charge in [-0.3, -0.25) is 4.57 Å². The van der Waals surface area contributed by atoms with Gasteiger partial charge in [-0.25, -0.2) is 9.97 Å². The summed E-state index contributed by atoms with van der Waals surface area (Å²) in [6.45, 7) is 0. The number of nitrogens with zero attached hydrogens (tertiary/aromatic N) is 3.